The summed E-state index contributed by atoms with van der Waals surface area (Å²) in [5.74, 6) is -0.421. The van der Waals surface area contributed by atoms with Gasteiger partial charge < -0.3 is 33.8 Å². The summed E-state index contributed by atoms with van der Waals surface area (Å²) in [6, 6.07) is 0. The van der Waals surface area contributed by atoms with Gasteiger partial charge in [0.05, 0.1) is 26.4 Å². The number of hydrogen-bond acceptors (Lipinski definition) is 15. The Morgan fingerprint density at radius 3 is 0.740 bits per heavy atom. The minimum atomic E-state index is -4.96. The summed E-state index contributed by atoms with van der Waals surface area (Å²) in [6.07, 6.45) is 56.8. The molecular formula is C77H150O17P2. The highest BCUT2D eigenvalue weighted by Crippen LogP contribution is 2.45. The molecule has 0 aromatic rings. The zero-order valence-electron chi connectivity index (χ0n) is 62.7. The molecule has 570 valence electrons. The van der Waals surface area contributed by atoms with E-state index in [0.29, 0.717) is 25.7 Å². The average molecular weight is 1410 g/mol. The van der Waals surface area contributed by atoms with Gasteiger partial charge in [-0.05, 0) is 37.5 Å². The lowest BCUT2D eigenvalue weighted by Gasteiger charge is -2.21. The van der Waals surface area contributed by atoms with Gasteiger partial charge in [0.25, 0.3) is 0 Å². The third-order valence-electron chi connectivity index (χ3n) is 18.7. The lowest BCUT2D eigenvalue weighted by molar-refractivity contribution is -0.161. The molecule has 0 aromatic heterocycles. The van der Waals surface area contributed by atoms with E-state index in [0.717, 1.165) is 115 Å². The Labute approximate surface area is 588 Å². The molecule has 0 spiro atoms. The molecule has 0 aliphatic heterocycles. The van der Waals surface area contributed by atoms with Crippen LogP contribution in [0.5, 0.6) is 0 Å². The van der Waals surface area contributed by atoms with Gasteiger partial charge in [-0.1, -0.05) is 350 Å². The number of ether oxygens (including phenoxy) is 4. The number of unbranched alkanes of at least 4 members (excludes halogenated alkanes) is 44. The first-order valence-electron chi connectivity index (χ1n) is 40.1. The van der Waals surface area contributed by atoms with Crippen molar-refractivity contribution in [1.29, 1.82) is 0 Å². The van der Waals surface area contributed by atoms with Crippen molar-refractivity contribution in [2.45, 2.75) is 419 Å². The molecule has 0 aliphatic rings. The number of hydrogen-bond donors (Lipinski definition) is 3. The Balaban J connectivity index is 5.20. The van der Waals surface area contributed by atoms with E-state index in [9.17, 15) is 43.2 Å². The number of aliphatic hydroxyl groups is 1. The third kappa shape index (κ3) is 67.9. The van der Waals surface area contributed by atoms with Crippen molar-refractivity contribution in [1.82, 2.24) is 0 Å². The molecule has 19 heteroatoms. The quantitative estimate of drug-likeness (QED) is 0.0222. The Hall–Kier alpha value is -1.94. The fraction of sp³-hybridized carbons (Fsp3) is 0.948. The summed E-state index contributed by atoms with van der Waals surface area (Å²) in [5.41, 5.74) is 0. The van der Waals surface area contributed by atoms with E-state index < -0.39 is 97.5 Å². The fourth-order valence-corrected chi connectivity index (χ4v) is 13.3. The van der Waals surface area contributed by atoms with Crippen molar-refractivity contribution in [3.63, 3.8) is 0 Å². The second kappa shape index (κ2) is 68.8. The minimum Gasteiger partial charge on any atom is -0.462 e. The molecule has 0 saturated carbocycles. The Morgan fingerprint density at radius 1 is 0.292 bits per heavy atom. The normalized spacial score (nSPS) is 14.6. The predicted octanol–water partition coefficient (Wildman–Crippen LogP) is 22.7. The summed E-state index contributed by atoms with van der Waals surface area (Å²) in [6.45, 7) is 9.68. The molecule has 0 rings (SSSR count). The summed E-state index contributed by atoms with van der Waals surface area (Å²) in [5, 5.41) is 10.6. The van der Waals surface area contributed by atoms with Gasteiger partial charge in [-0.2, -0.15) is 0 Å². The number of phosphoric ester groups is 2. The number of rotatable bonds is 76. The Bertz CT molecular complexity index is 1860. The van der Waals surface area contributed by atoms with Crippen molar-refractivity contribution < 1.29 is 80.2 Å². The molecule has 4 unspecified atom stereocenters. The van der Waals surface area contributed by atoms with Gasteiger partial charge in [-0.3, -0.25) is 37.3 Å². The Kier molecular flexibility index (Phi) is 67.4. The Morgan fingerprint density at radius 2 is 0.500 bits per heavy atom. The molecule has 3 N–H and O–H groups in total. The van der Waals surface area contributed by atoms with Crippen LogP contribution in [0.15, 0.2) is 0 Å². The fourth-order valence-electron chi connectivity index (χ4n) is 11.8. The van der Waals surface area contributed by atoms with Gasteiger partial charge in [0, 0.05) is 25.7 Å². The van der Waals surface area contributed by atoms with Crippen LogP contribution in [-0.4, -0.2) is 96.7 Å². The molecule has 0 aliphatic carbocycles. The standard InChI is InChI=1S/C77H150O17P2/c1-7-11-13-15-17-18-19-24-32-37-43-49-55-61-76(81)93-72(65-87-74(79)59-53-47-39-16-14-12-8-2)67-91-95(83,84)89-63-71(78)64-90-96(85,86)92-68-73(94-77(82)62-56-50-44-38-33-28-23-21-26-30-35-41-46-52-58-70(6)10-4)66-88-75(80)60-54-48-42-36-31-27-22-20-25-29-34-40-45-51-57-69(5)9-3/h69-73,78H,7-68H2,1-6H3,(H,83,84)(H,85,86)/t69?,70?,71-,72+,73+/m0/s1. The predicted molar refractivity (Wildman–Crippen MR) is 391 cm³/mol. The maximum Gasteiger partial charge on any atom is 0.472 e. The van der Waals surface area contributed by atoms with E-state index >= 15 is 0 Å². The third-order valence-corrected chi connectivity index (χ3v) is 20.6. The van der Waals surface area contributed by atoms with Crippen LogP contribution in [0, 0.1) is 11.8 Å². The number of carbonyl (C=O) groups excluding carboxylic acids is 4. The number of phosphoric acid groups is 2. The van der Waals surface area contributed by atoms with Crippen LogP contribution in [-0.2, 0) is 65.4 Å². The number of esters is 4. The van der Waals surface area contributed by atoms with Crippen LogP contribution in [0.1, 0.15) is 401 Å². The van der Waals surface area contributed by atoms with Crippen LogP contribution in [0.4, 0.5) is 0 Å². The highest BCUT2D eigenvalue weighted by atomic mass is 31.2. The summed E-state index contributed by atoms with van der Waals surface area (Å²) < 4.78 is 68.5. The molecule has 17 nitrogen and oxygen atoms in total. The first-order valence-corrected chi connectivity index (χ1v) is 43.1. The van der Waals surface area contributed by atoms with Crippen LogP contribution < -0.4 is 0 Å². The number of aliphatic hydroxyl groups excluding tert-OH is 1. The van der Waals surface area contributed by atoms with Crippen LogP contribution in [0.25, 0.3) is 0 Å². The lowest BCUT2D eigenvalue weighted by Crippen LogP contribution is -2.30. The highest BCUT2D eigenvalue weighted by molar-refractivity contribution is 7.47. The van der Waals surface area contributed by atoms with Crippen LogP contribution in [0.2, 0.25) is 0 Å². The average Bonchev–Trinajstić information content (AvgIpc) is 1.21. The van der Waals surface area contributed by atoms with Crippen LogP contribution in [0.3, 0.4) is 0 Å². The van der Waals surface area contributed by atoms with Gasteiger partial charge in [0.15, 0.2) is 12.2 Å². The smallest absolute Gasteiger partial charge is 0.462 e. The zero-order valence-corrected chi connectivity index (χ0v) is 64.5. The van der Waals surface area contributed by atoms with E-state index in [4.69, 9.17) is 37.0 Å². The number of carbonyl (C=O) groups is 4. The summed E-state index contributed by atoms with van der Waals surface area (Å²) >= 11 is 0. The van der Waals surface area contributed by atoms with Gasteiger partial charge in [-0.15, -0.1) is 0 Å². The molecule has 0 bridgehead atoms. The van der Waals surface area contributed by atoms with Gasteiger partial charge in [-0.25, -0.2) is 9.13 Å². The molecule has 0 radical (unpaired) electrons. The molecule has 0 fully saturated rings. The second-order valence-electron chi connectivity index (χ2n) is 28.2. The van der Waals surface area contributed by atoms with Crippen molar-refractivity contribution in [3.05, 3.63) is 0 Å². The van der Waals surface area contributed by atoms with Crippen molar-refractivity contribution in [2.24, 2.45) is 11.8 Å². The molecule has 0 heterocycles. The highest BCUT2D eigenvalue weighted by Gasteiger charge is 2.30. The van der Waals surface area contributed by atoms with E-state index in [-0.39, 0.29) is 25.7 Å². The van der Waals surface area contributed by atoms with Crippen molar-refractivity contribution in [2.75, 3.05) is 39.6 Å². The largest absolute Gasteiger partial charge is 0.472 e. The molecule has 0 aromatic carbocycles. The van der Waals surface area contributed by atoms with E-state index in [1.807, 2.05) is 0 Å². The molecule has 0 saturated heterocycles. The van der Waals surface area contributed by atoms with Crippen molar-refractivity contribution in [3.8, 4) is 0 Å². The zero-order chi connectivity index (χ0) is 70.7. The molecule has 96 heavy (non-hydrogen) atoms. The second-order valence-corrected chi connectivity index (χ2v) is 31.1. The van der Waals surface area contributed by atoms with Crippen molar-refractivity contribution >= 4 is 39.5 Å². The maximum absolute atomic E-state index is 13.1. The summed E-state index contributed by atoms with van der Waals surface area (Å²) in [4.78, 5) is 72.7. The van der Waals surface area contributed by atoms with Crippen LogP contribution >= 0.6 is 15.6 Å². The molecular weight excluding hydrogens is 1260 g/mol. The van der Waals surface area contributed by atoms with E-state index in [1.54, 1.807) is 0 Å². The molecule has 7 atom stereocenters. The van der Waals surface area contributed by atoms with E-state index in [1.165, 1.54) is 205 Å². The SMILES string of the molecule is CCCCCCCCCCCCCCCC(=O)O[C@H](COC(=O)CCCCCCCCC)COP(=O)(O)OC[C@H](O)COP(=O)(O)OC[C@@H](COC(=O)CCCCCCCCCCCCCCCCC(C)CC)OC(=O)CCCCCCCCCCCCCCCCC(C)CC. The monoisotopic (exact) mass is 1410 g/mol. The van der Waals surface area contributed by atoms with Gasteiger partial charge in [0.2, 0.25) is 0 Å². The van der Waals surface area contributed by atoms with Gasteiger partial charge in [0.1, 0.15) is 19.3 Å². The molecule has 0 amide bonds. The topological polar surface area (TPSA) is 237 Å². The summed E-state index contributed by atoms with van der Waals surface area (Å²) in [7, 11) is -9.91. The first-order chi connectivity index (χ1) is 46.4. The van der Waals surface area contributed by atoms with Gasteiger partial charge >= 0.3 is 39.5 Å². The minimum absolute atomic E-state index is 0.107. The van der Waals surface area contributed by atoms with E-state index in [2.05, 4.69) is 41.5 Å². The first kappa shape index (κ1) is 94.1. The maximum atomic E-state index is 13.1. The lowest BCUT2D eigenvalue weighted by atomic mass is 9.99.